The van der Waals surface area contributed by atoms with Gasteiger partial charge in [0.15, 0.2) is 0 Å². The first-order chi connectivity index (χ1) is 7.19. The van der Waals surface area contributed by atoms with Gasteiger partial charge >= 0.3 is 5.97 Å². The Morgan fingerprint density at radius 1 is 1.67 bits per heavy atom. The molecule has 1 aromatic heterocycles. The van der Waals surface area contributed by atoms with Gasteiger partial charge in [0.05, 0.1) is 13.3 Å². The van der Waals surface area contributed by atoms with Crippen molar-refractivity contribution < 1.29 is 9.53 Å². The van der Waals surface area contributed by atoms with Crippen LogP contribution in [-0.4, -0.2) is 22.9 Å². The molecule has 4 nitrogen and oxygen atoms in total. The molecule has 0 N–H and O–H groups in total. The van der Waals surface area contributed by atoms with Crippen molar-refractivity contribution in [3.05, 3.63) is 23.5 Å². The van der Waals surface area contributed by atoms with Crippen LogP contribution < -0.4 is 0 Å². The van der Waals surface area contributed by atoms with Gasteiger partial charge in [-0.25, -0.2) is 4.79 Å². The zero-order valence-corrected chi connectivity index (χ0v) is 9.36. The predicted molar refractivity (Wildman–Crippen MR) is 58.3 cm³/mol. The molecule has 0 amide bonds. The molecule has 0 fully saturated rings. The zero-order chi connectivity index (χ0) is 11.3. The fraction of sp³-hybridized carbons (Fsp3) is 0.455. The lowest BCUT2D eigenvalue weighted by Crippen LogP contribution is -2.01. The van der Waals surface area contributed by atoms with Crippen LogP contribution in [0.15, 0.2) is 12.3 Å². The van der Waals surface area contributed by atoms with Crippen molar-refractivity contribution in [2.45, 2.75) is 26.8 Å². The molecule has 0 aliphatic rings. The van der Waals surface area contributed by atoms with E-state index in [1.165, 1.54) is 13.2 Å². The second-order valence-corrected chi connectivity index (χ2v) is 3.26. The molecule has 15 heavy (non-hydrogen) atoms. The van der Waals surface area contributed by atoms with Gasteiger partial charge in [-0.2, -0.15) is 5.10 Å². The Morgan fingerprint density at radius 2 is 2.40 bits per heavy atom. The maximum Gasteiger partial charge on any atom is 0.330 e. The van der Waals surface area contributed by atoms with Gasteiger partial charge < -0.3 is 4.74 Å². The van der Waals surface area contributed by atoms with E-state index in [9.17, 15) is 4.79 Å². The fourth-order valence-corrected chi connectivity index (χ4v) is 1.29. The lowest BCUT2D eigenvalue weighted by Gasteiger charge is -2.00. The van der Waals surface area contributed by atoms with Crippen LogP contribution in [0.4, 0.5) is 0 Å². The predicted octanol–water partition coefficient (Wildman–Crippen LogP) is 1.79. The number of ether oxygens (including phenoxy) is 1. The summed E-state index contributed by atoms with van der Waals surface area (Å²) in [5.41, 5.74) is 2.02. The van der Waals surface area contributed by atoms with Crippen LogP contribution in [0.3, 0.4) is 0 Å². The highest BCUT2D eigenvalue weighted by atomic mass is 16.5. The number of aromatic nitrogens is 2. The van der Waals surface area contributed by atoms with Crippen molar-refractivity contribution in [3.8, 4) is 0 Å². The fourth-order valence-electron chi connectivity index (χ4n) is 1.29. The van der Waals surface area contributed by atoms with E-state index in [-0.39, 0.29) is 5.97 Å². The van der Waals surface area contributed by atoms with Crippen molar-refractivity contribution >= 4 is 12.0 Å². The maximum absolute atomic E-state index is 10.9. The minimum absolute atomic E-state index is 0.349. The number of hydrogen-bond donors (Lipinski definition) is 0. The van der Waals surface area contributed by atoms with Crippen molar-refractivity contribution in [1.82, 2.24) is 9.78 Å². The molecule has 4 heteroatoms. The average molecular weight is 208 g/mol. The highest BCUT2D eigenvalue weighted by Gasteiger charge is 2.02. The summed E-state index contributed by atoms with van der Waals surface area (Å²) < 4.78 is 6.44. The molecule has 0 aliphatic carbocycles. The number of carbonyl (C=O) groups is 1. The summed E-state index contributed by atoms with van der Waals surface area (Å²) in [6, 6.07) is 0. The Bertz CT molecular complexity index is 367. The second kappa shape index (κ2) is 5.34. The van der Waals surface area contributed by atoms with Gasteiger partial charge in [0.1, 0.15) is 0 Å². The van der Waals surface area contributed by atoms with E-state index in [4.69, 9.17) is 0 Å². The molecule has 0 unspecified atom stereocenters. The van der Waals surface area contributed by atoms with E-state index >= 15 is 0 Å². The molecule has 0 aliphatic heterocycles. The quantitative estimate of drug-likeness (QED) is 0.559. The summed E-state index contributed by atoms with van der Waals surface area (Å²) in [6.07, 6.45) is 5.92. The van der Waals surface area contributed by atoms with Crippen LogP contribution in [0.5, 0.6) is 0 Å². The summed E-state index contributed by atoms with van der Waals surface area (Å²) in [6.45, 7) is 4.99. The van der Waals surface area contributed by atoms with E-state index in [0.717, 1.165) is 24.2 Å². The first kappa shape index (κ1) is 11.5. The summed E-state index contributed by atoms with van der Waals surface area (Å²) in [5, 5.41) is 4.22. The lowest BCUT2D eigenvalue weighted by atomic mass is 10.2. The third-order valence-corrected chi connectivity index (χ3v) is 2.18. The van der Waals surface area contributed by atoms with Gasteiger partial charge in [0.2, 0.25) is 0 Å². The third-order valence-electron chi connectivity index (χ3n) is 2.18. The van der Waals surface area contributed by atoms with E-state index < -0.39 is 0 Å². The summed E-state index contributed by atoms with van der Waals surface area (Å²) in [5.74, 6) is -0.349. The van der Waals surface area contributed by atoms with Gasteiger partial charge in [0.25, 0.3) is 0 Å². The lowest BCUT2D eigenvalue weighted by molar-refractivity contribution is -0.134. The van der Waals surface area contributed by atoms with Gasteiger partial charge in [-0.3, -0.25) is 4.68 Å². The number of hydrogen-bond acceptors (Lipinski definition) is 3. The molecule has 1 rings (SSSR count). The third kappa shape index (κ3) is 2.94. The normalized spacial score (nSPS) is 10.9. The number of methoxy groups -OCH3 is 1. The molecule has 82 valence electrons. The molecule has 0 spiro atoms. The Balaban J connectivity index is 2.78. The highest BCUT2D eigenvalue weighted by molar-refractivity contribution is 5.87. The first-order valence-electron chi connectivity index (χ1n) is 4.97. The van der Waals surface area contributed by atoms with Crippen LogP contribution in [0, 0.1) is 6.92 Å². The molecular formula is C11H16N2O2. The molecule has 0 saturated heterocycles. The molecule has 0 atom stereocenters. The van der Waals surface area contributed by atoms with Crippen molar-refractivity contribution in [2.75, 3.05) is 7.11 Å². The maximum atomic E-state index is 10.9. The van der Waals surface area contributed by atoms with Crippen LogP contribution in [0.1, 0.15) is 24.6 Å². The Morgan fingerprint density at radius 3 is 3.00 bits per heavy atom. The van der Waals surface area contributed by atoms with E-state index in [2.05, 4.69) is 16.8 Å². The second-order valence-electron chi connectivity index (χ2n) is 3.26. The Kier molecular flexibility index (Phi) is 4.09. The molecule has 1 heterocycles. The van der Waals surface area contributed by atoms with Crippen LogP contribution in [0.2, 0.25) is 0 Å². The molecule has 0 saturated carbocycles. The topological polar surface area (TPSA) is 44.1 Å². The van der Waals surface area contributed by atoms with Gasteiger partial charge in [-0.1, -0.05) is 6.92 Å². The Hall–Kier alpha value is -1.58. The van der Waals surface area contributed by atoms with E-state index in [1.807, 2.05) is 11.6 Å². The zero-order valence-electron chi connectivity index (χ0n) is 9.36. The molecule has 0 bridgehead atoms. The first-order valence-corrected chi connectivity index (χ1v) is 4.97. The molecular weight excluding hydrogens is 192 g/mol. The molecule has 1 aromatic rings. The van der Waals surface area contributed by atoms with E-state index in [0.29, 0.717) is 0 Å². The number of esters is 1. The summed E-state index contributed by atoms with van der Waals surface area (Å²) in [7, 11) is 1.36. The highest BCUT2D eigenvalue weighted by Crippen LogP contribution is 2.09. The van der Waals surface area contributed by atoms with Crippen molar-refractivity contribution in [2.24, 2.45) is 0 Å². The van der Waals surface area contributed by atoms with Gasteiger partial charge in [0, 0.05) is 23.9 Å². The summed E-state index contributed by atoms with van der Waals surface area (Å²) >= 11 is 0. The van der Waals surface area contributed by atoms with E-state index in [1.54, 1.807) is 12.3 Å². The van der Waals surface area contributed by atoms with Gasteiger partial charge in [-0.15, -0.1) is 0 Å². The minimum Gasteiger partial charge on any atom is -0.466 e. The number of rotatable bonds is 4. The van der Waals surface area contributed by atoms with Crippen LogP contribution >= 0.6 is 0 Å². The van der Waals surface area contributed by atoms with Crippen molar-refractivity contribution in [1.29, 1.82) is 0 Å². The monoisotopic (exact) mass is 208 g/mol. The van der Waals surface area contributed by atoms with Gasteiger partial charge in [-0.05, 0) is 19.4 Å². The molecule has 0 aromatic carbocycles. The van der Waals surface area contributed by atoms with Crippen molar-refractivity contribution in [3.63, 3.8) is 0 Å². The van der Waals surface area contributed by atoms with Crippen LogP contribution in [0.25, 0.3) is 6.08 Å². The largest absolute Gasteiger partial charge is 0.466 e. The Labute approximate surface area is 89.5 Å². The molecule has 0 radical (unpaired) electrons. The number of nitrogens with zero attached hydrogens (tertiary/aromatic N) is 2. The average Bonchev–Trinajstić information content (AvgIpc) is 2.58. The number of carbonyl (C=O) groups excluding carboxylic acids is 1. The van der Waals surface area contributed by atoms with Crippen LogP contribution in [-0.2, 0) is 16.1 Å². The number of aryl methyl sites for hydroxylation is 1. The smallest absolute Gasteiger partial charge is 0.330 e. The standard InChI is InChI=1S/C11H16N2O2/c1-4-7-13-9(2)10(8-12-13)5-6-11(14)15-3/h5-6,8H,4,7H2,1-3H3. The SMILES string of the molecule is CCCn1ncc(C=CC(=O)OC)c1C. The summed E-state index contributed by atoms with van der Waals surface area (Å²) in [4.78, 5) is 10.9. The minimum atomic E-state index is -0.349.